The Balaban J connectivity index is 2.94. The molecule has 0 fully saturated rings. The highest BCUT2D eigenvalue weighted by Crippen LogP contribution is 2.19. The van der Waals surface area contributed by atoms with Crippen LogP contribution in [0.15, 0.2) is 6.07 Å². The molecule has 1 rings (SSSR count). The molecule has 20 heavy (non-hydrogen) atoms. The van der Waals surface area contributed by atoms with E-state index in [0.29, 0.717) is 12.6 Å². The molecule has 1 aromatic heterocycles. The maximum absolute atomic E-state index is 5.16. The lowest BCUT2D eigenvalue weighted by molar-refractivity contribution is 0.178. The van der Waals surface area contributed by atoms with Crippen molar-refractivity contribution < 1.29 is 4.74 Å². The fraction of sp³-hybridized carbons (Fsp3) is 0.733. The van der Waals surface area contributed by atoms with Crippen LogP contribution in [0.2, 0.25) is 0 Å². The predicted molar refractivity (Wildman–Crippen MR) is 84.3 cm³/mol. The summed E-state index contributed by atoms with van der Waals surface area (Å²) in [4.78, 5) is 11.3. The molecule has 0 aliphatic carbocycles. The highest BCUT2D eigenvalue weighted by molar-refractivity contribution is 5.49. The van der Waals surface area contributed by atoms with Gasteiger partial charge in [-0.1, -0.05) is 20.3 Å². The monoisotopic (exact) mass is 280 g/mol. The number of anilines is 2. The minimum Gasteiger partial charge on any atom is -0.377 e. The number of aromatic nitrogens is 2. The molecule has 1 N–H and O–H groups in total. The Labute approximate surface area is 122 Å². The van der Waals surface area contributed by atoms with Crippen LogP contribution >= 0.6 is 0 Å². The van der Waals surface area contributed by atoms with Gasteiger partial charge in [0.25, 0.3) is 0 Å². The number of hydrogen-bond donors (Lipinski definition) is 1. The lowest BCUT2D eigenvalue weighted by Crippen LogP contribution is -2.30. The summed E-state index contributed by atoms with van der Waals surface area (Å²) in [5.74, 6) is 2.55. The quantitative estimate of drug-likeness (QED) is 0.753. The number of hydrogen-bond acceptors (Lipinski definition) is 5. The van der Waals surface area contributed by atoms with Crippen molar-refractivity contribution in [2.45, 2.75) is 52.7 Å². The van der Waals surface area contributed by atoms with Crippen molar-refractivity contribution >= 4 is 11.6 Å². The Kier molecular flexibility index (Phi) is 7.30. The van der Waals surface area contributed by atoms with Crippen molar-refractivity contribution in [1.29, 1.82) is 0 Å². The van der Waals surface area contributed by atoms with Gasteiger partial charge in [0.15, 0.2) is 5.82 Å². The van der Waals surface area contributed by atoms with E-state index < -0.39 is 0 Å². The van der Waals surface area contributed by atoms with Crippen LogP contribution in [0.3, 0.4) is 0 Å². The summed E-state index contributed by atoms with van der Waals surface area (Å²) in [6.45, 7) is 7.91. The van der Waals surface area contributed by atoms with Gasteiger partial charge >= 0.3 is 0 Å². The lowest BCUT2D eigenvalue weighted by atomic mass is 10.2. The maximum atomic E-state index is 5.16. The number of nitrogens with one attached hydrogen (secondary N) is 1. The van der Waals surface area contributed by atoms with Crippen LogP contribution in [0, 0.1) is 0 Å². The van der Waals surface area contributed by atoms with Crippen LogP contribution in [0.1, 0.15) is 45.9 Å². The van der Waals surface area contributed by atoms with Gasteiger partial charge in [0, 0.05) is 32.8 Å². The van der Waals surface area contributed by atoms with Gasteiger partial charge in [-0.3, -0.25) is 0 Å². The average Bonchev–Trinajstić information content (AvgIpc) is 2.44. The third-order valence-electron chi connectivity index (χ3n) is 3.32. The van der Waals surface area contributed by atoms with Crippen molar-refractivity contribution in [3.05, 3.63) is 11.9 Å². The Morgan fingerprint density at radius 1 is 1.30 bits per heavy atom. The molecule has 0 saturated carbocycles. The fourth-order valence-electron chi connectivity index (χ4n) is 2.04. The van der Waals surface area contributed by atoms with Crippen LogP contribution in [0.5, 0.6) is 0 Å². The van der Waals surface area contributed by atoms with E-state index in [1.54, 1.807) is 7.11 Å². The Morgan fingerprint density at radius 3 is 2.65 bits per heavy atom. The summed E-state index contributed by atoms with van der Waals surface area (Å²) in [7, 11) is 3.75. The zero-order valence-electron chi connectivity index (χ0n) is 13.4. The molecule has 1 heterocycles. The first-order valence-electron chi connectivity index (χ1n) is 7.45. The van der Waals surface area contributed by atoms with E-state index in [1.165, 1.54) is 6.42 Å². The van der Waals surface area contributed by atoms with Crippen molar-refractivity contribution in [3.63, 3.8) is 0 Å². The Morgan fingerprint density at radius 2 is 2.05 bits per heavy atom. The Bertz CT molecular complexity index is 397. The molecular weight excluding hydrogens is 252 g/mol. The summed E-state index contributed by atoms with van der Waals surface area (Å²) in [5, 5.41) is 3.33. The zero-order chi connectivity index (χ0) is 15.0. The minimum atomic E-state index is 0.435. The summed E-state index contributed by atoms with van der Waals surface area (Å²) in [5.41, 5.74) is 0. The van der Waals surface area contributed by atoms with Gasteiger partial charge in [0.2, 0.25) is 0 Å². The standard InChI is InChI=1S/C15H28N4O/c1-6-8-12(3)19(4)15-10-13(16-9-7-2)17-14(18-15)11-20-5/h10,12H,6-9,11H2,1-5H3,(H,16,17,18). The van der Waals surface area contributed by atoms with Crippen LogP contribution in [-0.4, -0.2) is 36.7 Å². The van der Waals surface area contributed by atoms with Gasteiger partial charge < -0.3 is 15.0 Å². The second-order valence-electron chi connectivity index (χ2n) is 5.14. The number of ether oxygens (including phenoxy) is 1. The summed E-state index contributed by atoms with van der Waals surface area (Å²) in [6.07, 6.45) is 3.39. The predicted octanol–water partition coefficient (Wildman–Crippen LogP) is 3.07. The van der Waals surface area contributed by atoms with E-state index >= 15 is 0 Å². The van der Waals surface area contributed by atoms with Gasteiger partial charge in [-0.2, -0.15) is 0 Å². The third kappa shape index (κ3) is 4.96. The molecule has 0 aliphatic rings. The average molecular weight is 280 g/mol. The van der Waals surface area contributed by atoms with Crippen molar-refractivity contribution in [2.75, 3.05) is 30.9 Å². The third-order valence-corrected chi connectivity index (χ3v) is 3.32. The molecule has 5 heteroatoms. The topological polar surface area (TPSA) is 50.3 Å². The molecule has 1 atom stereocenters. The molecule has 0 aliphatic heterocycles. The summed E-state index contributed by atoms with van der Waals surface area (Å²) in [6, 6.07) is 2.48. The molecule has 1 aromatic rings. The molecule has 1 unspecified atom stereocenters. The van der Waals surface area contributed by atoms with Gasteiger partial charge in [0.1, 0.15) is 18.2 Å². The largest absolute Gasteiger partial charge is 0.377 e. The lowest BCUT2D eigenvalue weighted by Gasteiger charge is -2.26. The van der Waals surface area contributed by atoms with Crippen LogP contribution in [0.4, 0.5) is 11.6 Å². The van der Waals surface area contributed by atoms with E-state index in [-0.39, 0.29) is 0 Å². The number of rotatable bonds is 9. The van der Waals surface area contributed by atoms with Gasteiger partial charge in [-0.25, -0.2) is 9.97 Å². The van der Waals surface area contributed by atoms with Crippen molar-refractivity contribution in [2.24, 2.45) is 0 Å². The first-order chi connectivity index (χ1) is 9.62. The molecule has 0 bridgehead atoms. The first kappa shape index (κ1) is 16.7. The fourth-order valence-corrected chi connectivity index (χ4v) is 2.04. The Hall–Kier alpha value is -1.36. The van der Waals surface area contributed by atoms with Crippen LogP contribution in [0.25, 0.3) is 0 Å². The number of methoxy groups -OCH3 is 1. The van der Waals surface area contributed by atoms with E-state index in [2.05, 4.69) is 48.0 Å². The van der Waals surface area contributed by atoms with Crippen LogP contribution < -0.4 is 10.2 Å². The first-order valence-corrected chi connectivity index (χ1v) is 7.45. The van der Waals surface area contributed by atoms with E-state index in [0.717, 1.165) is 36.8 Å². The summed E-state index contributed by atoms with van der Waals surface area (Å²) < 4.78 is 5.16. The second-order valence-corrected chi connectivity index (χ2v) is 5.14. The molecule has 0 amide bonds. The van der Waals surface area contributed by atoms with Gasteiger partial charge in [-0.05, 0) is 19.8 Å². The maximum Gasteiger partial charge on any atom is 0.158 e. The molecule has 0 radical (unpaired) electrons. The second kappa shape index (κ2) is 8.74. The highest BCUT2D eigenvalue weighted by Gasteiger charge is 2.13. The molecule has 0 aromatic carbocycles. The number of nitrogens with zero attached hydrogens (tertiary/aromatic N) is 3. The molecule has 5 nitrogen and oxygen atoms in total. The van der Waals surface area contributed by atoms with E-state index in [1.807, 2.05) is 6.07 Å². The van der Waals surface area contributed by atoms with E-state index in [9.17, 15) is 0 Å². The van der Waals surface area contributed by atoms with Gasteiger partial charge in [-0.15, -0.1) is 0 Å². The smallest absolute Gasteiger partial charge is 0.158 e. The molecule has 114 valence electrons. The van der Waals surface area contributed by atoms with E-state index in [4.69, 9.17) is 4.74 Å². The SMILES string of the molecule is CCCNc1cc(N(C)C(C)CCC)nc(COC)n1. The molecule has 0 saturated heterocycles. The van der Waals surface area contributed by atoms with Gasteiger partial charge in [0.05, 0.1) is 0 Å². The van der Waals surface area contributed by atoms with Crippen molar-refractivity contribution in [1.82, 2.24) is 9.97 Å². The normalized spacial score (nSPS) is 12.2. The van der Waals surface area contributed by atoms with Crippen molar-refractivity contribution in [3.8, 4) is 0 Å². The molecule has 0 spiro atoms. The summed E-state index contributed by atoms with van der Waals surface area (Å²) >= 11 is 0. The minimum absolute atomic E-state index is 0.435. The zero-order valence-corrected chi connectivity index (χ0v) is 13.4. The van der Waals surface area contributed by atoms with Crippen LogP contribution in [-0.2, 0) is 11.3 Å². The highest BCUT2D eigenvalue weighted by atomic mass is 16.5. The molecular formula is C15H28N4O.